The van der Waals surface area contributed by atoms with Crippen LogP contribution in [-0.2, 0) is 13.0 Å². The van der Waals surface area contributed by atoms with Gasteiger partial charge in [0.05, 0.1) is 5.02 Å². The van der Waals surface area contributed by atoms with Crippen molar-refractivity contribution in [3.63, 3.8) is 0 Å². The average Bonchev–Trinajstić information content (AvgIpc) is 3.23. The fraction of sp³-hybridized carbons (Fsp3) is 0.250. The second-order valence-corrected chi connectivity index (χ2v) is 5.54. The maximum atomic E-state index is 12.7. The zero-order valence-electron chi connectivity index (χ0n) is 13.2. The first-order chi connectivity index (χ1) is 11.6. The number of oxazole rings is 1. The molecule has 2 aromatic heterocycles. The Hall–Kier alpha value is -2.67. The molecule has 3 rings (SSSR count). The van der Waals surface area contributed by atoms with Crippen molar-refractivity contribution in [1.82, 2.24) is 20.0 Å². The molecule has 0 saturated heterocycles. The van der Waals surface area contributed by atoms with Crippen LogP contribution in [-0.4, -0.2) is 33.0 Å². The van der Waals surface area contributed by atoms with Gasteiger partial charge in [-0.2, -0.15) is 4.98 Å². The molecule has 0 spiro atoms. The van der Waals surface area contributed by atoms with Crippen LogP contribution in [0.25, 0.3) is 11.3 Å². The first-order valence-electron chi connectivity index (χ1n) is 7.35. The van der Waals surface area contributed by atoms with E-state index in [-0.39, 0.29) is 18.1 Å². The molecule has 0 atom stereocenters. The molecule has 0 saturated carbocycles. The molecule has 0 aliphatic rings. The average molecular weight is 347 g/mol. The van der Waals surface area contributed by atoms with Gasteiger partial charge in [0, 0.05) is 19.0 Å². The van der Waals surface area contributed by atoms with Gasteiger partial charge in [0.2, 0.25) is 5.89 Å². The Kier molecular flexibility index (Phi) is 4.61. The number of aromatic nitrogens is 3. The van der Waals surface area contributed by atoms with Crippen LogP contribution in [0, 0.1) is 0 Å². The Morgan fingerprint density at radius 3 is 2.83 bits per heavy atom. The molecule has 1 amide bonds. The Morgan fingerprint density at radius 2 is 2.12 bits per heavy atom. The third-order valence-electron chi connectivity index (χ3n) is 3.43. The van der Waals surface area contributed by atoms with Crippen molar-refractivity contribution in [3.05, 3.63) is 53.1 Å². The molecular weight excluding hydrogens is 332 g/mol. The summed E-state index contributed by atoms with van der Waals surface area (Å²) in [5.74, 6) is 0.974. The molecule has 0 N–H and O–H groups in total. The van der Waals surface area contributed by atoms with Gasteiger partial charge in [0.1, 0.15) is 6.54 Å². The lowest BCUT2D eigenvalue weighted by atomic mass is 10.1. The van der Waals surface area contributed by atoms with Gasteiger partial charge in [-0.25, -0.2) is 4.98 Å². The first-order valence-corrected chi connectivity index (χ1v) is 7.73. The normalized spacial score (nSPS) is 10.8. The molecule has 8 heteroatoms. The minimum absolute atomic E-state index is 0.181. The Balaban J connectivity index is 1.83. The van der Waals surface area contributed by atoms with Gasteiger partial charge in [-0.1, -0.05) is 35.8 Å². The number of amides is 1. The number of hydrogen-bond donors (Lipinski definition) is 0. The van der Waals surface area contributed by atoms with Gasteiger partial charge in [-0.3, -0.25) is 4.79 Å². The van der Waals surface area contributed by atoms with Gasteiger partial charge in [-0.05, 0) is 12.1 Å². The molecule has 1 aromatic carbocycles. The molecule has 3 aromatic rings. The number of hydrogen-bond acceptors (Lipinski definition) is 6. The minimum atomic E-state index is -0.324. The lowest BCUT2D eigenvalue weighted by Crippen LogP contribution is -2.27. The van der Waals surface area contributed by atoms with E-state index in [1.807, 2.05) is 13.0 Å². The Labute approximate surface area is 143 Å². The van der Waals surface area contributed by atoms with Crippen LogP contribution in [0.5, 0.6) is 0 Å². The molecule has 124 valence electrons. The summed E-state index contributed by atoms with van der Waals surface area (Å²) in [6.45, 7) is 2.11. The highest BCUT2D eigenvalue weighted by molar-refractivity contribution is 6.33. The second kappa shape index (κ2) is 6.84. The van der Waals surface area contributed by atoms with Crippen molar-refractivity contribution < 1.29 is 13.7 Å². The summed E-state index contributed by atoms with van der Waals surface area (Å²) in [6.07, 6.45) is 1.89. The number of rotatable bonds is 5. The SMILES string of the molecule is CCc1noc(CN(C)C(=O)c2ncoc2-c2ccccc2Cl)n1. The van der Waals surface area contributed by atoms with Gasteiger partial charge in [-0.15, -0.1) is 0 Å². The van der Waals surface area contributed by atoms with E-state index in [2.05, 4.69) is 15.1 Å². The lowest BCUT2D eigenvalue weighted by molar-refractivity contribution is 0.0764. The molecule has 7 nitrogen and oxygen atoms in total. The molecule has 0 unspecified atom stereocenters. The van der Waals surface area contributed by atoms with Crippen molar-refractivity contribution in [2.24, 2.45) is 0 Å². The fourth-order valence-electron chi connectivity index (χ4n) is 2.19. The van der Waals surface area contributed by atoms with Gasteiger partial charge >= 0.3 is 0 Å². The van der Waals surface area contributed by atoms with E-state index in [0.29, 0.717) is 34.5 Å². The topological polar surface area (TPSA) is 85.3 Å². The van der Waals surface area contributed by atoms with Crippen LogP contribution in [0.1, 0.15) is 29.1 Å². The monoisotopic (exact) mass is 346 g/mol. The molecular formula is C16H15ClN4O3. The molecule has 0 radical (unpaired) electrons. The van der Waals surface area contributed by atoms with Gasteiger partial charge in [0.15, 0.2) is 23.7 Å². The van der Waals surface area contributed by atoms with Crippen LogP contribution in [0.2, 0.25) is 5.02 Å². The Morgan fingerprint density at radius 1 is 1.33 bits per heavy atom. The number of carbonyl (C=O) groups is 1. The third-order valence-corrected chi connectivity index (χ3v) is 3.76. The van der Waals surface area contributed by atoms with Crippen LogP contribution in [0.15, 0.2) is 39.6 Å². The molecule has 0 bridgehead atoms. The maximum absolute atomic E-state index is 12.7. The number of aryl methyl sites for hydroxylation is 1. The zero-order valence-corrected chi connectivity index (χ0v) is 13.9. The predicted octanol–water partition coefficient (Wildman–Crippen LogP) is 3.21. The van der Waals surface area contributed by atoms with E-state index in [0.717, 1.165) is 0 Å². The summed E-state index contributed by atoms with van der Waals surface area (Å²) >= 11 is 6.17. The van der Waals surface area contributed by atoms with E-state index < -0.39 is 0 Å². The van der Waals surface area contributed by atoms with Crippen LogP contribution in [0.3, 0.4) is 0 Å². The van der Waals surface area contributed by atoms with Crippen molar-refractivity contribution in [3.8, 4) is 11.3 Å². The number of carbonyl (C=O) groups excluding carboxylic acids is 1. The molecule has 0 fully saturated rings. The maximum Gasteiger partial charge on any atom is 0.276 e. The smallest absolute Gasteiger partial charge is 0.276 e. The summed E-state index contributed by atoms with van der Waals surface area (Å²) in [7, 11) is 1.63. The number of benzene rings is 1. The first kappa shape index (κ1) is 16.2. The predicted molar refractivity (Wildman–Crippen MR) is 86.4 cm³/mol. The van der Waals surface area contributed by atoms with Crippen molar-refractivity contribution in [2.75, 3.05) is 7.05 Å². The lowest BCUT2D eigenvalue weighted by Gasteiger charge is -2.13. The summed E-state index contributed by atoms with van der Waals surface area (Å²) in [4.78, 5) is 22.3. The fourth-order valence-corrected chi connectivity index (χ4v) is 2.41. The van der Waals surface area contributed by atoms with Crippen LogP contribution in [0.4, 0.5) is 0 Å². The summed E-state index contributed by atoms with van der Waals surface area (Å²) in [5.41, 5.74) is 0.792. The van der Waals surface area contributed by atoms with Crippen LogP contribution >= 0.6 is 11.6 Å². The summed E-state index contributed by atoms with van der Waals surface area (Å²) in [5, 5.41) is 4.29. The third kappa shape index (κ3) is 3.16. The zero-order chi connectivity index (χ0) is 17.1. The molecule has 2 heterocycles. The highest BCUT2D eigenvalue weighted by atomic mass is 35.5. The quantitative estimate of drug-likeness (QED) is 0.705. The van der Waals surface area contributed by atoms with E-state index in [9.17, 15) is 4.79 Å². The molecule has 24 heavy (non-hydrogen) atoms. The number of halogens is 1. The van der Waals surface area contributed by atoms with Crippen molar-refractivity contribution in [1.29, 1.82) is 0 Å². The number of nitrogens with zero attached hydrogens (tertiary/aromatic N) is 4. The van der Waals surface area contributed by atoms with E-state index >= 15 is 0 Å². The minimum Gasteiger partial charge on any atom is -0.443 e. The van der Waals surface area contributed by atoms with E-state index in [4.69, 9.17) is 20.5 Å². The highest BCUT2D eigenvalue weighted by Gasteiger charge is 2.24. The van der Waals surface area contributed by atoms with E-state index in [1.165, 1.54) is 11.3 Å². The van der Waals surface area contributed by atoms with Crippen molar-refractivity contribution in [2.45, 2.75) is 19.9 Å². The van der Waals surface area contributed by atoms with Crippen molar-refractivity contribution >= 4 is 17.5 Å². The highest BCUT2D eigenvalue weighted by Crippen LogP contribution is 2.30. The van der Waals surface area contributed by atoms with Gasteiger partial charge in [0.25, 0.3) is 5.91 Å². The van der Waals surface area contributed by atoms with E-state index in [1.54, 1.807) is 25.2 Å². The van der Waals surface area contributed by atoms with Crippen LogP contribution < -0.4 is 0 Å². The Bertz CT molecular complexity index is 858. The van der Waals surface area contributed by atoms with Gasteiger partial charge < -0.3 is 13.8 Å². The second-order valence-electron chi connectivity index (χ2n) is 5.13. The molecule has 0 aliphatic carbocycles. The molecule has 0 aliphatic heterocycles. The standard InChI is InChI=1S/C16H15ClN4O3/c1-3-12-19-13(24-20-12)8-21(2)16(22)14-15(23-9-18-14)10-6-4-5-7-11(10)17/h4-7,9H,3,8H2,1-2H3. The summed E-state index contributed by atoms with van der Waals surface area (Å²) < 4.78 is 10.5. The largest absolute Gasteiger partial charge is 0.443 e. The summed E-state index contributed by atoms with van der Waals surface area (Å²) in [6, 6.07) is 7.11.